The fourth-order valence-corrected chi connectivity index (χ4v) is 3.65. The summed E-state index contributed by atoms with van der Waals surface area (Å²) in [6, 6.07) is 7.94. The van der Waals surface area contributed by atoms with Crippen LogP contribution in [0.3, 0.4) is 0 Å². The van der Waals surface area contributed by atoms with Crippen LogP contribution in [0.4, 0.5) is 0 Å². The smallest absolute Gasteiger partial charge is 0.277 e. The summed E-state index contributed by atoms with van der Waals surface area (Å²) >= 11 is 0. The standard InChI is InChI=1S/C20H21N5O2/c1-12(2)25-15-7-5-4-6-14(15)24-11-21-13(17(24)18(25)26)10-16-22-19(27-23-16)20(3)8-9-20/h4-7,11-12H,8-10H2,1-3H3. The molecule has 27 heavy (non-hydrogen) atoms. The molecule has 0 bridgehead atoms. The van der Waals surface area contributed by atoms with Crippen molar-refractivity contribution in [3.05, 3.63) is 58.4 Å². The van der Waals surface area contributed by atoms with Crippen LogP contribution < -0.4 is 5.56 Å². The van der Waals surface area contributed by atoms with Crippen LogP contribution >= 0.6 is 0 Å². The van der Waals surface area contributed by atoms with Gasteiger partial charge in [0.25, 0.3) is 5.56 Å². The predicted molar refractivity (Wildman–Crippen MR) is 101 cm³/mol. The molecule has 0 amide bonds. The van der Waals surface area contributed by atoms with Crippen molar-refractivity contribution < 1.29 is 4.52 Å². The fourth-order valence-electron chi connectivity index (χ4n) is 3.65. The Labute approximate surface area is 155 Å². The average Bonchev–Trinajstić information content (AvgIpc) is 3.07. The van der Waals surface area contributed by atoms with Gasteiger partial charge in [0.15, 0.2) is 5.82 Å². The second-order valence-corrected chi connectivity index (χ2v) is 7.92. The Morgan fingerprint density at radius 1 is 1.22 bits per heavy atom. The highest BCUT2D eigenvalue weighted by Crippen LogP contribution is 2.46. The summed E-state index contributed by atoms with van der Waals surface area (Å²) in [4.78, 5) is 22.3. The molecule has 3 heterocycles. The van der Waals surface area contributed by atoms with E-state index in [2.05, 4.69) is 22.0 Å². The lowest BCUT2D eigenvalue weighted by atomic mass is 10.1. The Balaban J connectivity index is 1.68. The maximum Gasteiger partial charge on any atom is 0.277 e. The molecule has 0 radical (unpaired) electrons. The zero-order valence-electron chi connectivity index (χ0n) is 15.6. The van der Waals surface area contributed by atoms with Crippen molar-refractivity contribution >= 4 is 16.6 Å². The van der Waals surface area contributed by atoms with Gasteiger partial charge >= 0.3 is 0 Å². The van der Waals surface area contributed by atoms with E-state index in [1.165, 1.54) is 0 Å². The van der Waals surface area contributed by atoms with Crippen LogP contribution in [0, 0.1) is 0 Å². The van der Waals surface area contributed by atoms with E-state index in [9.17, 15) is 4.79 Å². The highest BCUT2D eigenvalue weighted by atomic mass is 16.5. The minimum Gasteiger partial charge on any atom is -0.339 e. The van der Waals surface area contributed by atoms with Crippen LogP contribution in [0.5, 0.6) is 0 Å². The number of para-hydroxylation sites is 2. The van der Waals surface area contributed by atoms with Gasteiger partial charge < -0.3 is 9.09 Å². The molecular weight excluding hydrogens is 342 g/mol. The highest BCUT2D eigenvalue weighted by molar-refractivity contribution is 5.79. The van der Waals surface area contributed by atoms with Crippen molar-refractivity contribution in [3.8, 4) is 0 Å². The minimum absolute atomic E-state index is 0.0298. The first-order valence-electron chi connectivity index (χ1n) is 9.30. The fraction of sp³-hybridized carbons (Fsp3) is 0.400. The number of aromatic nitrogens is 5. The van der Waals surface area contributed by atoms with E-state index in [4.69, 9.17) is 4.52 Å². The predicted octanol–water partition coefficient (Wildman–Crippen LogP) is 3.26. The van der Waals surface area contributed by atoms with Gasteiger partial charge in [-0.3, -0.25) is 9.20 Å². The highest BCUT2D eigenvalue weighted by Gasteiger charge is 2.44. The molecule has 5 rings (SSSR count). The normalized spacial score (nSPS) is 15.9. The second-order valence-electron chi connectivity index (χ2n) is 7.92. The van der Waals surface area contributed by atoms with Gasteiger partial charge in [-0.15, -0.1) is 0 Å². The van der Waals surface area contributed by atoms with Crippen molar-refractivity contribution in [1.82, 2.24) is 24.1 Å². The average molecular weight is 363 g/mol. The largest absolute Gasteiger partial charge is 0.339 e. The molecule has 7 nitrogen and oxygen atoms in total. The first-order chi connectivity index (χ1) is 13.0. The zero-order chi connectivity index (χ0) is 18.8. The molecule has 0 N–H and O–H groups in total. The lowest BCUT2D eigenvalue weighted by Gasteiger charge is -2.15. The molecule has 138 valence electrons. The molecule has 1 aliphatic carbocycles. The zero-order valence-corrected chi connectivity index (χ0v) is 15.6. The van der Waals surface area contributed by atoms with Crippen molar-refractivity contribution in [1.29, 1.82) is 0 Å². The Bertz CT molecular complexity index is 1230. The first-order valence-corrected chi connectivity index (χ1v) is 9.30. The molecule has 1 aromatic carbocycles. The van der Waals surface area contributed by atoms with Gasteiger partial charge in [-0.1, -0.05) is 24.2 Å². The van der Waals surface area contributed by atoms with Crippen molar-refractivity contribution in [2.45, 2.75) is 51.5 Å². The number of hydrogen-bond acceptors (Lipinski definition) is 5. The number of fused-ring (bicyclic) bond motifs is 3. The van der Waals surface area contributed by atoms with Gasteiger partial charge in [-0.25, -0.2) is 4.98 Å². The minimum atomic E-state index is -0.0472. The molecule has 7 heteroatoms. The third-order valence-electron chi connectivity index (χ3n) is 5.49. The summed E-state index contributed by atoms with van der Waals surface area (Å²) in [5.74, 6) is 1.26. The second kappa shape index (κ2) is 5.52. The quantitative estimate of drug-likeness (QED) is 0.556. The van der Waals surface area contributed by atoms with Crippen LogP contribution in [0.15, 0.2) is 39.9 Å². The summed E-state index contributed by atoms with van der Waals surface area (Å²) in [7, 11) is 0. The van der Waals surface area contributed by atoms with Crippen molar-refractivity contribution in [2.75, 3.05) is 0 Å². The molecule has 0 aliphatic heterocycles. The van der Waals surface area contributed by atoms with Gasteiger partial charge in [0.05, 0.1) is 23.1 Å². The Hall–Kier alpha value is -2.96. The van der Waals surface area contributed by atoms with Gasteiger partial charge in [0.1, 0.15) is 11.8 Å². The van der Waals surface area contributed by atoms with Gasteiger partial charge in [0.2, 0.25) is 5.89 Å². The lowest BCUT2D eigenvalue weighted by molar-refractivity contribution is 0.349. The summed E-state index contributed by atoms with van der Waals surface area (Å²) in [5, 5.41) is 4.11. The van der Waals surface area contributed by atoms with E-state index in [0.29, 0.717) is 29.3 Å². The number of nitrogens with zero attached hydrogens (tertiary/aromatic N) is 5. The molecule has 0 saturated heterocycles. The molecule has 0 unspecified atom stereocenters. The molecule has 1 fully saturated rings. The molecule has 3 aromatic heterocycles. The molecular formula is C20H21N5O2. The van der Waals surface area contributed by atoms with E-state index in [1.807, 2.05) is 47.1 Å². The van der Waals surface area contributed by atoms with E-state index in [1.54, 1.807) is 6.33 Å². The van der Waals surface area contributed by atoms with Crippen LogP contribution in [0.25, 0.3) is 16.6 Å². The van der Waals surface area contributed by atoms with Gasteiger partial charge in [-0.2, -0.15) is 4.98 Å². The number of benzene rings is 1. The topological polar surface area (TPSA) is 78.2 Å². The molecule has 0 spiro atoms. The van der Waals surface area contributed by atoms with E-state index < -0.39 is 0 Å². The Morgan fingerprint density at radius 2 is 1.96 bits per heavy atom. The first kappa shape index (κ1) is 16.2. The number of rotatable bonds is 4. The Kier molecular flexibility index (Phi) is 3.32. The molecule has 1 saturated carbocycles. The van der Waals surface area contributed by atoms with Crippen LogP contribution in [-0.4, -0.2) is 24.1 Å². The molecule has 4 aromatic rings. The number of hydrogen-bond donors (Lipinski definition) is 0. The summed E-state index contributed by atoms with van der Waals surface area (Å²) in [6.45, 7) is 6.16. The maximum atomic E-state index is 13.3. The van der Waals surface area contributed by atoms with Gasteiger partial charge in [0, 0.05) is 11.5 Å². The van der Waals surface area contributed by atoms with Crippen molar-refractivity contribution in [3.63, 3.8) is 0 Å². The number of imidazole rings is 1. The van der Waals surface area contributed by atoms with E-state index >= 15 is 0 Å². The van der Waals surface area contributed by atoms with E-state index in [-0.39, 0.29) is 17.0 Å². The van der Waals surface area contributed by atoms with Crippen molar-refractivity contribution in [2.24, 2.45) is 0 Å². The van der Waals surface area contributed by atoms with Crippen LogP contribution in [0.2, 0.25) is 0 Å². The summed E-state index contributed by atoms with van der Waals surface area (Å²) in [6.07, 6.45) is 4.24. The Morgan fingerprint density at radius 3 is 2.67 bits per heavy atom. The monoisotopic (exact) mass is 363 g/mol. The van der Waals surface area contributed by atoms with Crippen LogP contribution in [0.1, 0.15) is 57.1 Å². The lowest BCUT2D eigenvalue weighted by Crippen LogP contribution is -2.25. The molecule has 0 atom stereocenters. The maximum absolute atomic E-state index is 13.3. The SMILES string of the molecule is CC(C)n1c(=O)c2c(Cc3noc(C4(C)CC4)n3)ncn2c2ccccc21. The van der Waals surface area contributed by atoms with Crippen LogP contribution in [-0.2, 0) is 11.8 Å². The third-order valence-corrected chi connectivity index (χ3v) is 5.49. The summed E-state index contributed by atoms with van der Waals surface area (Å²) in [5.41, 5.74) is 3.09. The van der Waals surface area contributed by atoms with Gasteiger partial charge in [-0.05, 0) is 38.8 Å². The molecule has 1 aliphatic rings. The summed E-state index contributed by atoms with van der Waals surface area (Å²) < 4.78 is 9.13. The van der Waals surface area contributed by atoms with E-state index in [0.717, 1.165) is 23.9 Å². The third kappa shape index (κ3) is 2.41.